The molecule has 0 radical (unpaired) electrons. The van der Waals surface area contributed by atoms with Crippen molar-refractivity contribution >= 4 is 29.1 Å². The molecule has 0 heterocycles. The van der Waals surface area contributed by atoms with Crippen LogP contribution in [0, 0.1) is 24.7 Å². The van der Waals surface area contributed by atoms with Gasteiger partial charge in [0, 0.05) is 16.2 Å². The standard InChI is InChI=1S/C20H25ClN2O2/c1-12-2-3-16(21)7-17(12)22-18(24)8-19(25)23-20-9-13-4-14(10-20)6-15(5-13)11-20/h2-3,7,13-15H,4-6,8-11H2,1H3,(H,22,24)(H,23,25). The van der Waals surface area contributed by atoms with Gasteiger partial charge >= 0.3 is 0 Å². The Kier molecular flexibility index (Phi) is 4.27. The fourth-order valence-electron chi connectivity index (χ4n) is 5.67. The van der Waals surface area contributed by atoms with Crippen molar-refractivity contribution < 1.29 is 9.59 Å². The molecule has 134 valence electrons. The van der Waals surface area contributed by atoms with Crippen molar-refractivity contribution in [3.63, 3.8) is 0 Å². The van der Waals surface area contributed by atoms with Gasteiger partial charge < -0.3 is 10.6 Å². The molecule has 1 aromatic rings. The van der Waals surface area contributed by atoms with E-state index in [1.54, 1.807) is 12.1 Å². The van der Waals surface area contributed by atoms with Crippen molar-refractivity contribution in [2.45, 2.75) is 57.4 Å². The maximum absolute atomic E-state index is 12.5. The molecule has 25 heavy (non-hydrogen) atoms. The molecule has 4 nitrogen and oxygen atoms in total. The van der Waals surface area contributed by atoms with Crippen molar-refractivity contribution in [2.24, 2.45) is 17.8 Å². The number of carbonyl (C=O) groups is 2. The largest absolute Gasteiger partial charge is 0.350 e. The summed E-state index contributed by atoms with van der Waals surface area (Å²) in [6.07, 6.45) is 7.17. The van der Waals surface area contributed by atoms with Gasteiger partial charge in [0.15, 0.2) is 0 Å². The Morgan fingerprint density at radius 2 is 1.68 bits per heavy atom. The van der Waals surface area contributed by atoms with Crippen LogP contribution in [0.5, 0.6) is 0 Å². The molecular formula is C20H25ClN2O2. The molecule has 5 heteroatoms. The fraction of sp³-hybridized carbons (Fsp3) is 0.600. The van der Waals surface area contributed by atoms with Crippen LogP contribution in [0.25, 0.3) is 0 Å². The molecule has 4 saturated carbocycles. The number of halogens is 1. The summed E-state index contributed by atoms with van der Waals surface area (Å²) in [5.74, 6) is 1.88. The normalized spacial score (nSPS) is 32.5. The summed E-state index contributed by atoms with van der Waals surface area (Å²) in [5, 5.41) is 6.62. The van der Waals surface area contributed by atoms with Gasteiger partial charge in [0.05, 0.1) is 0 Å². The molecule has 0 atom stereocenters. The third-order valence-corrected chi connectivity index (χ3v) is 6.47. The number of nitrogens with one attached hydrogen (secondary N) is 2. The zero-order valence-electron chi connectivity index (χ0n) is 14.6. The van der Waals surface area contributed by atoms with Gasteiger partial charge in [-0.3, -0.25) is 9.59 Å². The third-order valence-electron chi connectivity index (χ3n) is 6.24. The first-order chi connectivity index (χ1) is 11.9. The summed E-state index contributed by atoms with van der Waals surface area (Å²) >= 11 is 5.98. The smallest absolute Gasteiger partial charge is 0.233 e. The number of anilines is 1. The highest BCUT2D eigenvalue weighted by molar-refractivity contribution is 6.31. The molecule has 2 amide bonds. The van der Waals surface area contributed by atoms with Crippen molar-refractivity contribution in [3.8, 4) is 0 Å². The number of aryl methyl sites for hydroxylation is 1. The van der Waals surface area contributed by atoms with Gasteiger partial charge in [0.25, 0.3) is 0 Å². The second-order valence-corrected chi connectivity index (χ2v) is 8.87. The lowest BCUT2D eigenvalue weighted by Gasteiger charge is -2.56. The van der Waals surface area contributed by atoms with E-state index < -0.39 is 0 Å². The molecule has 4 aliphatic rings. The molecule has 4 fully saturated rings. The molecule has 2 N–H and O–H groups in total. The van der Waals surface area contributed by atoms with E-state index in [1.807, 2.05) is 13.0 Å². The van der Waals surface area contributed by atoms with Crippen LogP contribution in [-0.2, 0) is 9.59 Å². The second-order valence-electron chi connectivity index (χ2n) is 8.43. The SMILES string of the molecule is Cc1ccc(Cl)cc1NC(=O)CC(=O)NC12CC3CC(CC(C3)C1)C2. The molecule has 0 aliphatic heterocycles. The number of benzene rings is 1. The fourth-order valence-corrected chi connectivity index (χ4v) is 5.84. The predicted octanol–water partition coefficient (Wildman–Crippen LogP) is 4.06. The quantitative estimate of drug-likeness (QED) is 0.795. The number of rotatable bonds is 4. The van der Waals surface area contributed by atoms with Crippen LogP contribution in [-0.4, -0.2) is 17.4 Å². The van der Waals surface area contributed by atoms with Gasteiger partial charge in [-0.25, -0.2) is 0 Å². The van der Waals surface area contributed by atoms with Gasteiger partial charge in [-0.05, 0) is 80.9 Å². The van der Waals surface area contributed by atoms with E-state index >= 15 is 0 Å². The molecule has 0 saturated heterocycles. The Bertz CT molecular complexity index is 680. The average Bonchev–Trinajstić information content (AvgIpc) is 2.48. The van der Waals surface area contributed by atoms with Crippen LogP contribution in [0.3, 0.4) is 0 Å². The Balaban J connectivity index is 1.36. The average molecular weight is 361 g/mol. The van der Waals surface area contributed by atoms with E-state index in [4.69, 9.17) is 11.6 Å². The van der Waals surface area contributed by atoms with Crippen molar-refractivity contribution in [1.82, 2.24) is 5.32 Å². The summed E-state index contributed by atoms with van der Waals surface area (Å²) in [7, 11) is 0. The monoisotopic (exact) mass is 360 g/mol. The van der Waals surface area contributed by atoms with Crippen LogP contribution in [0.4, 0.5) is 5.69 Å². The van der Waals surface area contributed by atoms with E-state index in [1.165, 1.54) is 19.3 Å². The van der Waals surface area contributed by atoms with Gasteiger partial charge in [-0.1, -0.05) is 17.7 Å². The first kappa shape index (κ1) is 16.9. The highest BCUT2D eigenvalue weighted by atomic mass is 35.5. The van der Waals surface area contributed by atoms with E-state index in [0.717, 1.165) is 42.6 Å². The molecule has 4 aliphatic carbocycles. The lowest BCUT2D eigenvalue weighted by atomic mass is 9.53. The highest BCUT2D eigenvalue weighted by Crippen LogP contribution is 2.55. The Labute approximate surface area is 153 Å². The topological polar surface area (TPSA) is 58.2 Å². The Hall–Kier alpha value is -1.55. The lowest BCUT2D eigenvalue weighted by Crippen LogP contribution is -2.60. The van der Waals surface area contributed by atoms with Gasteiger partial charge in [0.1, 0.15) is 6.42 Å². The molecule has 4 bridgehead atoms. The summed E-state index contributed by atoms with van der Waals surface area (Å²) < 4.78 is 0. The number of carbonyl (C=O) groups excluding carboxylic acids is 2. The van der Waals surface area contributed by atoms with Crippen molar-refractivity contribution in [2.75, 3.05) is 5.32 Å². The zero-order valence-corrected chi connectivity index (χ0v) is 15.4. The van der Waals surface area contributed by atoms with Crippen molar-refractivity contribution in [3.05, 3.63) is 28.8 Å². The first-order valence-electron chi connectivity index (χ1n) is 9.28. The molecular weight excluding hydrogens is 336 g/mol. The second kappa shape index (κ2) is 6.31. The number of amides is 2. The summed E-state index contributed by atoms with van der Waals surface area (Å²) in [5.41, 5.74) is 1.55. The van der Waals surface area contributed by atoms with Gasteiger partial charge in [-0.15, -0.1) is 0 Å². The molecule has 5 rings (SSSR count). The zero-order chi connectivity index (χ0) is 17.6. The molecule has 0 spiro atoms. The number of hydrogen-bond donors (Lipinski definition) is 2. The lowest BCUT2D eigenvalue weighted by molar-refractivity contribution is -0.130. The van der Waals surface area contributed by atoms with Gasteiger partial charge in [-0.2, -0.15) is 0 Å². The summed E-state index contributed by atoms with van der Waals surface area (Å²) in [6.45, 7) is 1.90. The Morgan fingerprint density at radius 3 is 2.28 bits per heavy atom. The minimum atomic E-state index is -0.285. The van der Waals surface area contributed by atoms with E-state index in [9.17, 15) is 9.59 Å². The number of hydrogen-bond acceptors (Lipinski definition) is 2. The van der Waals surface area contributed by atoms with E-state index in [0.29, 0.717) is 10.7 Å². The first-order valence-corrected chi connectivity index (χ1v) is 9.66. The predicted molar refractivity (Wildman–Crippen MR) is 98.5 cm³/mol. The molecule has 0 unspecified atom stereocenters. The Morgan fingerprint density at radius 1 is 1.08 bits per heavy atom. The summed E-state index contributed by atoms with van der Waals surface area (Å²) in [6, 6.07) is 5.35. The molecule has 1 aromatic carbocycles. The van der Waals surface area contributed by atoms with Crippen LogP contribution in [0.2, 0.25) is 5.02 Å². The third kappa shape index (κ3) is 3.55. The minimum Gasteiger partial charge on any atom is -0.350 e. The summed E-state index contributed by atoms with van der Waals surface area (Å²) in [4.78, 5) is 24.7. The van der Waals surface area contributed by atoms with E-state index in [-0.39, 0.29) is 23.8 Å². The maximum atomic E-state index is 12.5. The van der Waals surface area contributed by atoms with Crippen molar-refractivity contribution in [1.29, 1.82) is 0 Å². The van der Waals surface area contributed by atoms with E-state index in [2.05, 4.69) is 10.6 Å². The van der Waals surface area contributed by atoms with Crippen LogP contribution in [0.1, 0.15) is 50.5 Å². The van der Waals surface area contributed by atoms with Gasteiger partial charge in [0.2, 0.25) is 11.8 Å². The highest BCUT2D eigenvalue weighted by Gasteiger charge is 2.51. The van der Waals surface area contributed by atoms with Crippen LogP contribution < -0.4 is 10.6 Å². The van der Waals surface area contributed by atoms with Crippen LogP contribution in [0.15, 0.2) is 18.2 Å². The maximum Gasteiger partial charge on any atom is 0.233 e. The van der Waals surface area contributed by atoms with Crippen LogP contribution >= 0.6 is 11.6 Å². The minimum absolute atomic E-state index is 0.0436. The molecule has 0 aromatic heterocycles.